The maximum atomic E-state index is 12.2. The molecule has 0 aromatic carbocycles. The summed E-state index contributed by atoms with van der Waals surface area (Å²) >= 11 is 0. The Hall–Kier alpha value is -1.10. The lowest BCUT2D eigenvalue weighted by atomic mass is 9.74. The summed E-state index contributed by atoms with van der Waals surface area (Å²) in [5.41, 5.74) is -0.744. The van der Waals surface area contributed by atoms with E-state index in [4.69, 9.17) is 0 Å². The van der Waals surface area contributed by atoms with Crippen LogP contribution in [0.5, 0.6) is 0 Å². The molecule has 0 aromatic rings. The van der Waals surface area contributed by atoms with Crippen molar-refractivity contribution < 1.29 is 14.7 Å². The maximum absolute atomic E-state index is 12.2. The number of piperidine rings is 1. The first-order chi connectivity index (χ1) is 9.55. The molecule has 3 N–H and O–H groups in total. The summed E-state index contributed by atoms with van der Waals surface area (Å²) in [5, 5.41) is 15.6. The van der Waals surface area contributed by atoms with Crippen molar-refractivity contribution in [3.63, 3.8) is 0 Å². The van der Waals surface area contributed by atoms with Gasteiger partial charge in [-0.25, -0.2) is 0 Å². The van der Waals surface area contributed by atoms with Crippen LogP contribution in [0, 0.1) is 11.3 Å². The predicted molar refractivity (Wildman–Crippen MR) is 76.4 cm³/mol. The largest absolute Gasteiger partial charge is 0.481 e. The average molecular weight is 282 g/mol. The first-order valence-corrected chi connectivity index (χ1v) is 7.80. The topological polar surface area (TPSA) is 78.4 Å². The van der Waals surface area contributed by atoms with Crippen molar-refractivity contribution in [2.24, 2.45) is 11.3 Å². The van der Waals surface area contributed by atoms with Crippen LogP contribution in [0.1, 0.15) is 51.9 Å². The number of amides is 1. The molecule has 20 heavy (non-hydrogen) atoms. The Morgan fingerprint density at radius 2 is 1.95 bits per heavy atom. The van der Waals surface area contributed by atoms with E-state index in [-0.39, 0.29) is 18.5 Å². The van der Waals surface area contributed by atoms with E-state index in [1.54, 1.807) is 0 Å². The molecule has 2 rings (SSSR count). The van der Waals surface area contributed by atoms with Crippen molar-refractivity contribution in [2.75, 3.05) is 13.1 Å². The van der Waals surface area contributed by atoms with Crippen LogP contribution in [-0.2, 0) is 9.59 Å². The zero-order chi connectivity index (χ0) is 14.6. The molecule has 0 spiro atoms. The third kappa shape index (κ3) is 3.32. The number of carboxylic acids is 1. The lowest BCUT2D eigenvalue weighted by Crippen LogP contribution is -2.53. The van der Waals surface area contributed by atoms with Gasteiger partial charge in [0.05, 0.1) is 11.5 Å². The molecular weight excluding hydrogens is 256 g/mol. The number of hydrogen-bond donors (Lipinski definition) is 3. The van der Waals surface area contributed by atoms with Crippen molar-refractivity contribution in [1.82, 2.24) is 10.6 Å². The van der Waals surface area contributed by atoms with Gasteiger partial charge < -0.3 is 15.7 Å². The fraction of sp³-hybridized carbons (Fsp3) is 0.867. The molecule has 5 heteroatoms. The minimum absolute atomic E-state index is 0.0385. The van der Waals surface area contributed by atoms with Crippen molar-refractivity contribution in [3.8, 4) is 0 Å². The Morgan fingerprint density at radius 3 is 2.55 bits per heavy atom. The number of carbonyl (C=O) groups excluding carboxylic acids is 1. The number of carboxylic acid groups (broad SMARTS) is 1. The Balaban J connectivity index is 1.91. The minimum Gasteiger partial charge on any atom is -0.481 e. The molecule has 114 valence electrons. The second-order valence-corrected chi connectivity index (χ2v) is 6.42. The number of hydrogen-bond acceptors (Lipinski definition) is 3. The van der Waals surface area contributed by atoms with Crippen LogP contribution in [0.3, 0.4) is 0 Å². The summed E-state index contributed by atoms with van der Waals surface area (Å²) in [5.74, 6) is -0.485. The number of rotatable bonds is 4. The second kappa shape index (κ2) is 6.57. The van der Waals surface area contributed by atoms with Crippen LogP contribution in [0.25, 0.3) is 0 Å². The van der Waals surface area contributed by atoms with Gasteiger partial charge in [0.2, 0.25) is 5.91 Å². The summed E-state index contributed by atoms with van der Waals surface area (Å²) in [6, 6.07) is -0.168. The number of carbonyl (C=O) groups is 2. The molecule has 1 saturated carbocycles. The molecule has 0 bridgehead atoms. The van der Waals surface area contributed by atoms with Crippen molar-refractivity contribution in [1.29, 1.82) is 0 Å². The molecular formula is C15H26N2O3. The first kappa shape index (κ1) is 15.3. The quantitative estimate of drug-likeness (QED) is 0.730. The van der Waals surface area contributed by atoms with Gasteiger partial charge in [0.25, 0.3) is 0 Å². The van der Waals surface area contributed by atoms with Crippen molar-refractivity contribution >= 4 is 11.9 Å². The van der Waals surface area contributed by atoms with Gasteiger partial charge in [-0.15, -0.1) is 0 Å². The highest BCUT2D eigenvalue weighted by Gasteiger charge is 2.40. The summed E-state index contributed by atoms with van der Waals surface area (Å²) in [4.78, 5) is 23.8. The Morgan fingerprint density at radius 1 is 1.25 bits per heavy atom. The van der Waals surface area contributed by atoms with Gasteiger partial charge in [0, 0.05) is 6.54 Å². The van der Waals surface area contributed by atoms with E-state index in [1.165, 1.54) is 0 Å². The molecule has 1 amide bonds. The third-order valence-electron chi connectivity index (χ3n) is 4.92. The van der Waals surface area contributed by atoms with Crippen LogP contribution >= 0.6 is 0 Å². The van der Waals surface area contributed by atoms with Crippen LogP contribution in [0.4, 0.5) is 0 Å². The minimum atomic E-state index is -0.762. The van der Waals surface area contributed by atoms with Gasteiger partial charge in [-0.05, 0) is 38.1 Å². The van der Waals surface area contributed by atoms with Crippen LogP contribution < -0.4 is 10.6 Å². The fourth-order valence-electron chi connectivity index (χ4n) is 3.46. The molecule has 2 fully saturated rings. The van der Waals surface area contributed by atoms with Crippen molar-refractivity contribution in [2.45, 2.75) is 57.9 Å². The SMILES string of the molecule is CC1CCCNC1C(=O)NCC1(C(=O)O)CCCCC1. The van der Waals surface area contributed by atoms with Gasteiger partial charge in [0.15, 0.2) is 0 Å². The van der Waals surface area contributed by atoms with Crippen LogP contribution in [0.2, 0.25) is 0 Å². The number of nitrogens with one attached hydrogen (secondary N) is 2. The lowest BCUT2D eigenvalue weighted by Gasteiger charge is -2.35. The summed E-state index contributed by atoms with van der Waals surface area (Å²) in [6.45, 7) is 3.21. The van der Waals surface area contributed by atoms with E-state index >= 15 is 0 Å². The molecule has 2 unspecified atom stereocenters. The van der Waals surface area contributed by atoms with Crippen molar-refractivity contribution in [3.05, 3.63) is 0 Å². The molecule has 2 atom stereocenters. The highest BCUT2D eigenvalue weighted by atomic mass is 16.4. The highest BCUT2D eigenvalue weighted by molar-refractivity contribution is 5.83. The predicted octanol–water partition coefficient (Wildman–Crippen LogP) is 1.53. The Bertz CT molecular complexity index is 364. The standard InChI is InChI=1S/C15H26N2O3/c1-11-6-5-9-16-12(11)13(18)17-10-15(14(19)20)7-3-2-4-8-15/h11-12,16H,2-10H2,1H3,(H,17,18)(H,19,20). The van der Waals surface area contributed by atoms with Crippen LogP contribution in [0.15, 0.2) is 0 Å². The van der Waals surface area contributed by atoms with Gasteiger partial charge in [-0.3, -0.25) is 9.59 Å². The van der Waals surface area contributed by atoms with Crippen LogP contribution in [-0.4, -0.2) is 36.1 Å². The zero-order valence-corrected chi connectivity index (χ0v) is 12.3. The second-order valence-electron chi connectivity index (χ2n) is 6.42. The summed E-state index contributed by atoms with van der Waals surface area (Å²) in [7, 11) is 0. The molecule has 1 aliphatic carbocycles. The first-order valence-electron chi connectivity index (χ1n) is 7.80. The normalized spacial score (nSPS) is 29.6. The zero-order valence-electron chi connectivity index (χ0n) is 12.3. The molecule has 1 aliphatic heterocycles. The van der Waals surface area contributed by atoms with E-state index in [0.29, 0.717) is 18.8 Å². The number of aliphatic carboxylic acids is 1. The molecule has 1 saturated heterocycles. The smallest absolute Gasteiger partial charge is 0.311 e. The summed E-state index contributed by atoms with van der Waals surface area (Å²) < 4.78 is 0. The average Bonchev–Trinajstić information content (AvgIpc) is 2.46. The molecule has 1 heterocycles. The fourth-order valence-corrected chi connectivity index (χ4v) is 3.46. The van der Waals surface area contributed by atoms with E-state index in [9.17, 15) is 14.7 Å². The molecule has 0 radical (unpaired) electrons. The van der Waals surface area contributed by atoms with Gasteiger partial charge in [-0.2, -0.15) is 0 Å². The molecule has 2 aliphatic rings. The van der Waals surface area contributed by atoms with E-state index < -0.39 is 11.4 Å². The van der Waals surface area contributed by atoms with E-state index in [1.807, 2.05) is 0 Å². The maximum Gasteiger partial charge on any atom is 0.311 e. The molecule has 0 aromatic heterocycles. The van der Waals surface area contributed by atoms with Gasteiger partial charge in [-0.1, -0.05) is 26.2 Å². The third-order valence-corrected chi connectivity index (χ3v) is 4.92. The molecule has 5 nitrogen and oxygen atoms in total. The monoisotopic (exact) mass is 282 g/mol. The Labute approximate surface area is 120 Å². The van der Waals surface area contributed by atoms with E-state index in [2.05, 4.69) is 17.6 Å². The summed E-state index contributed by atoms with van der Waals surface area (Å²) in [6.07, 6.45) is 6.50. The van der Waals surface area contributed by atoms with E-state index in [0.717, 1.165) is 38.6 Å². The Kier molecular flexibility index (Phi) is 5.02. The van der Waals surface area contributed by atoms with Gasteiger partial charge >= 0.3 is 5.97 Å². The highest BCUT2D eigenvalue weighted by Crippen LogP contribution is 2.36. The van der Waals surface area contributed by atoms with Gasteiger partial charge in [0.1, 0.15) is 0 Å². The lowest BCUT2D eigenvalue weighted by molar-refractivity contribution is -0.151.